The molecule has 2 rings (SSSR count). The highest BCUT2D eigenvalue weighted by molar-refractivity contribution is 5.79. The summed E-state index contributed by atoms with van der Waals surface area (Å²) >= 11 is 0. The molecule has 0 aliphatic heterocycles. The van der Waals surface area contributed by atoms with Crippen molar-refractivity contribution in [2.75, 3.05) is 32.8 Å². The number of nitrogens with one attached hydrogen (secondary N) is 2. The number of aliphatic imine (C=N–C) groups is 1. The first-order chi connectivity index (χ1) is 13.6. The second-order valence-electron chi connectivity index (χ2n) is 6.54. The topological polar surface area (TPSA) is 58.1 Å². The van der Waals surface area contributed by atoms with E-state index in [1.54, 1.807) is 25.1 Å². The van der Waals surface area contributed by atoms with Gasteiger partial charge in [-0.15, -0.1) is 0 Å². The normalized spacial score (nSPS) is 14.5. The molecule has 158 valence electrons. The molecule has 1 fully saturated rings. The van der Waals surface area contributed by atoms with Crippen molar-refractivity contribution in [2.24, 2.45) is 4.99 Å². The Kier molecular flexibility index (Phi) is 9.27. The van der Waals surface area contributed by atoms with Gasteiger partial charge >= 0.3 is 6.61 Å². The largest absolute Gasteiger partial charge is 0.490 e. The summed E-state index contributed by atoms with van der Waals surface area (Å²) in [6.07, 6.45) is 2.57. The van der Waals surface area contributed by atoms with Crippen LogP contribution in [0.2, 0.25) is 0 Å². The Morgan fingerprint density at radius 3 is 2.64 bits per heavy atom. The fourth-order valence-electron chi connectivity index (χ4n) is 3.04. The van der Waals surface area contributed by atoms with Crippen molar-refractivity contribution in [2.45, 2.75) is 52.8 Å². The first-order valence-corrected chi connectivity index (χ1v) is 10.0. The predicted molar refractivity (Wildman–Crippen MR) is 107 cm³/mol. The van der Waals surface area contributed by atoms with Gasteiger partial charge in [0.1, 0.15) is 0 Å². The van der Waals surface area contributed by atoms with Crippen LogP contribution in [-0.2, 0) is 6.54 Å². The molecule has 1 aliphatic rings. The molecular formula is C20H32F2N4O2. The summed E-state index contributed by atoms with van der Waals surface area (Å²) in [6, 6.07) is 5.82. The molecule has 0 atom stereocenters. The quantitative estimate of drug-likeness (QED) is 0.418. The van der Waals surface area contributed by atoms with Crippen molar-refractivity contribution in [3.05, 3.63) is 23.8 Å². The third kappa shape index (κ3) is 7.14. The van der Waals surface area contributed by atoms with Gasteiger partial charge in [0.05, 0.1) is 13.2 Å². The number of alkyl halides is 2. The van der Waals surface area contributed by atoms with Gasteiger partial charge in [-0.1, -0.05) is 19.1 Å². The fraction of sp³-hybridized carbons (Fsp3) is 0.650. The van der Waals surface area contributed by atoms with E-state index in [0.717, 1.165) is 25.7 Å². The molecule has 1 aliphatic carbocycles. The van der Waals surface area contributed by atoms with E-state index in [9.17, 15) is 8.78 Å². The Morgan fingerprint density at radius 1 is 1.25 bits per heavy atom. The first-order valence-electron chi connectivity index (χ1n) is 10.0. The molecular weight excluding hydrogens is 366 g/mol. The first kappa shape index (κ1) is 22.2. The zero-order valence-corrected chi connectivity index (χ0v) is 17.0. The Labute approximate surface area is 166 Å². The minimum Gasteiger partial charge on any atom is -0.490 e. The van der Waals surface area contributed by atoms with Crippen molar-refractivity contribution in [3.63, 3.8) is 0 Å². The molecule has 0 unspecified atom stereocenters. The van der Waals surface area contributed by atoms with Gasteiger partial charge in [0.25, 0.3) is 0 Å². The lowest BCUT2D eigenvalue weighted by atomic mass is 10.2. The number of para-hydroxylation sites is 1. The summed E-state index contributed by atoms with van der Waals surface area (Å²) in [4.78, 5) is 6.99. The molecule has 0 saturated heterocycles. The average molecular weight is 398 g/mol. The van der Waals surface area contributed by atoms with Crippen LogP contribution in [0, 0.1) is 0 Å². The Bertz CT molecular complexity index is 624. The number of halogens is 2. The lowest BCUT2D eigenvalue weighted by molar-refractivity contribution is -0.0520. The van der Waals surface area contributed by atoms with E-state index in [0.29, 0.717) is 30.4 Å². The van der Waals surface area contributed by atoms with Crippen LogP contribution in [0.25, 0.3) is 0 Å². The van der Waals surface area contributed by atoms with Crippen LogP contribution in [0.15, 0.2) is 23.2 Å². The lowest BCUT2D eigenvalue weighted by Crippen LogP contribution is -2.42. The summed E-state index contributed by atoms with van der Waals surface area (Å²) in [7, 11) is 0. The van der Waals surface area contributed by atoms with Gasteiger partial charge in [0.2, 0.25) is 0 Å². The molecule has 0 radical (unpaired) electrons. The highest BCUT2D eigenvalue weighted by Gasteiger charge is 2.27. The van der Waals surface area contributed by atoms with Crippen LogP contribution in [0.3, 0.4) is 0 Å². The average Bonchev–Trinajstić information content (AvgIpc) is 3.50. The Hall–Kier alpha value is -2.09. The monoisotopic (exact) mass is 398 g/mol. The van der Waals surface area contributed by atoms with Gasteiger partial charge < -0.3 is 20.1 Å². The van der Waals surface area contributed by atoms with Crippen molar-refractivity contribution in [1.29, 1.82) is 0 Å². The van der Waals surface area contributed by atoms with Gasteiger partial charge in [0.15, 0.2) is 17.5 Å². The molecule has 0 heterocycles. The smallest absolute Gasteiger partial charge is 0.387 e. The third-order valence-corrected chi connectivity index (χ3v) is 4.48. The van der Waals surface area contributed by atoms with Crippen molar-refractivity contribution in [3.8, 4) is 11.5 Å². The highest BCUT2D eigenvalue weighted by Crippen LogP contribution is 2.33. The number of rotatable bonds is 12. The number of benzene rings is 1. The molecule has 0 spiro atoms. The number of hydrogen-bond acceptors (Lipinski definition) is 4. The standard InChI is InChI=1S/C20H32F2N4O2/c1-4-23-20(24-12-13-26(5-2)16-10-11-16)25-14-15-8-7-9-17(27-6-3)18(15)28-19(21)22/h7-9,16,19H,4-6,10-14H2,1-3H3,(H2,23,24,25). The number of guanidine groups is 1. The third-order valence-electron chi connectivity index (χ3n) is 4.48. The minimum absolute atomic E-state index is 0.0461. The SMILES string of the molecule is CCNC(=NCc1cccc(OCC)c1OC(F)F)NCCN(CC)C1CC1. The van der Waals surface area contributed by atoms with Gasteiger partial charge in [0, 0.05) is 31.2 Å². The molecule has 1 aromatic carbocycles. The molecule has 8 heteroatoms. The lowest BCUT2D eigenvalue weighted by Gasteiger charge is -2.21. The number of ether oxygens (including phenoxy) is 2. The van der Waals surface area contributed by atoms with Crippen LogP contribution < -0.4 is 20.1 Å². The summed E-state index contributed by atoms with van der Waals surface area (Å²) < 4.78 is 35.8. The molecule has 1 aromatic rings. The molecule has 2 N–H and O–H groups in total. The molecule has 0 aromatic heterocycles. The minimum atomic E-state index is -2.92. The zero-order chi connectivity index (χ0) is 20.4. The van der Waals surface area contributed by atoms with Gasteiger partial charge in [-0.25, -0.2) is 4.99 Å². The summed E-state index contributed by atoms with van der Waals surface area (Å²) in [5, 5.41) is 6.51. The second kappa shape index (κ2) is 11.7. The Morgan fingerprint density at radius 2 is 2.04 bits per heavy atom. The van der Waals surface area contributed by atoms with Gasteiger partial charge in [-0.2, -0.15) is 8.78 Å². The predicted octanol–water partition coefficient (Wildman–Crippen LogP) is 3.23. The van der Waals surface area contributed by atoms with Crippen molar-refractivity contribution < 1.29 is 18.3 Å². The maximum absolute atomic E-state index is 12.8. The van der Waals surface area contributed by atoms with Crippen LogP contribution >= 0.6 is 0 Å². The zero-order valence-electron chi connectivity index (χ0n) is 17.0. The molecule has 6 nitrogen and oxygen atoms in total. The highest BCUT2D eigenvalue weighted by atomic mass is 19.3. The molecule has 1 saturated carbocycles. The number of hydrogen-bond donors (Lipinski definition) is 2. The molecule has 0 amide bonds. The number of likely N-dealkylation sites (N-methyl/N-ethyl adjacent to an activating group) is 1. The summed E-state index contributed by atoms with van der Waals surface area (Å²) in [5.74, 6) is 1.00. The fourth-order valence-corrected chi connectivity index (χ4v) is 3.04. The van der Waals surface area contributed by atoms with Crippen LogP contribution in [0.5, 0.6) is 11.5 Å². The van der Waals surface area contributed by atoms with E-state index in [-0.39, 0.29) is 12.3 Å². The summed E-state index contributed by atoms with van der Waals surface area (Å²) in [6.45, 7) is 7.09. The van der Waals surface area contributed by atoms with E-state index in [4.69, 9.17) is 9.47 Å². The van der Waals surface area contributed by atoms with Crippen LogP contribution in [-0.4, -0.2) is 56.3 Å². The van der Waals surface area contributed by atoms with E-state index in [1.807, 2.05) is 6.92 Å². The van der Waals surface area contributed by atoms with Crippen molar-refractivity contribution >= 4 is 5.96 Å². The molecule has 28 heavy (non-hydrogen) atoms. The molecule has 0 bridgehead atoms. The van der Waals surface area contributed by atoms with Crippen LogP contribution in [0.4, 0.5) is 8.78 Å². The van der Waals surface area contributed by atoms with E-state index >= 15 is 0 Å². The van der Waals surface area contributed by atoms with E-state index in [1.165, 1.54) is 12.8 Å². The second-order valence-corrected chi connectivity index (χ2v) is 6.54. The maximum atomic E-state index is 12.8. The van der Waals surface area contributed by atoms with Crippen molar-refractivity contribution in [1.82, 2.24) is 15.5 Å². The summed E-state index contributed by atoms with van der Waals surface area (Å²) in [5.41, 5.74) is 0.552. The maximum Gasteiger partial charge on any atom is 0.387 e. The van der Waals surface area contributed by atoms with Gasteiger partial charge in [-0.05, 0) is 39.3 Å². The number of nitrogens with zero attached hydrogens (tertiary/aromatic N) is 2. The van der Waals surface area contributed by atoms with Crippen LogP contribution in [0.1, 0.15) is 39.2 Å². The van der Waals surface area contributed by atoms with Gasteiger partial charge in [-0.3, -0.25) is 4.90 Å². The van der Waals surface area contributed by atoms with E-state index in [2.05, 4.69) is 27.4 Å². The van der Waals surface area contributed by atoms with E-state index < -0.39 is 6.61 Å². The Balaban J connectivity index is 2.03.